The van der Waals surface area contributed by atoms with Gasteiger partial charge in [-0.2, -0.15) is 13.2 Å². The molecule has 1 heterocycles. The zero-order valence-electron chi connectivity index (χ0n) is 14.8. The summed E-state index contributed by atoms with van der Waals surface area (Å²) >= 11 is 0. The Morgan fingerprint density at radius 3 is 2.56 bits per heavy atom. The van der Waals surface area contributed by atoms with E-state index in [-0.39, 0.29) is 18.5 Å². The molecule has 1 atom stereocenters. The molecular weight excluding hydrogens is 363 g/mol. The van der Waals surface area contributed by atoms with Crippen LogP contribution in [0.15, 0.2) is 42.6 Å². The number of pyridine rings is 1. The van der Waals surface area contributed by atoms with E-state index in [0.717, 1.165) is 11.3 Å². The van der Waals surface area contributed by atoms with Crippen LogP contribution in [0.3, 0.4) is 0 Å². The van der Waals surface area contributed by atoms with Crippen LogP contribution in [0.4, 0.5) is 18.0 Å². The molecule has 1 unspecified atom stereocenters. The van der Waals surface area contributed by atoms with Gasteiger partial charge in [0.15, 0.2) is 6.61 Å². The lowest BCUT2D eigenvalue weighted by atomic mass is 10.1. The van der Waals surface area contributed by atoms with Crippen LogP contribution < -0.4 is 20.1 Å². The van der Waals surface area contributed by atoms with E-state index in [4.69, 9.17) is 4.74 Å². The first kappa shape index (κ1) is 20.3. The molecule has 2 amide bonds. The fourth-order valence-electron chi connectivity index (χ4n) is 2.20. The molecule has 0 aliphatic heterocycles. The number of amides is 2. The molecule has 2 aromatic rings. The number of halogens is 3. The minimum atomic E-state index is -4.44. The summed E-state index contributed by atoms with van der Waals surface area (Å²) in [5, 5.41) is 5.42. The number of ether oxygens (including phenoxy) is 2. The third-order valence-electron chi connectivity index (χ3n) is 3.60. The molecule has 6 nitrogen and oxygen atoms in total. The van der Waals surface area contributed by atoms with Gasteiger partial charge in [-0.3, -0.25) is 0 Å². The molecule has 1 aromatic carbocycles. The minimum absolute atomic E-state index is 0.117. The fraction of sp³-hybridized carbons (Fsp3) is 0.333. The van der Waals surface area contributed by atoms with Crippen molar-refractivity contribution in [1.29, 1.82) is 0 Å². The van der Waals surface area contributed by atoms with Gasteiger partial charge in [0.1, 0.15) is 5.75 Å². The van der Waals surface area contributed by atoms with Gasteiger partial charge in [-0.15, -0.1) is 0 Å². The van der Waals surface area contributed by atoms with Crippen LogP contribution in [0.25, 0.3) is 0 Å². The first-order valence-electron chi connectivity index (χ1n) is 8.09. The van der Waals surface area contributed by atoms with Crippen molar-refractivity contribution in [3.05, 3.63) is 53.7 Å². The van der Waals surface area contributed by atoms with Gasteiger partial charge in [0.2, 0.25) is 5.88 Å². The number of carbonyl (C=O) groups excluding carboxylic acids is 1. The Morgan fingerprint density at radius 1 is 1.22 bits per heavy atom. The molecule has 2 N–H and O–H groups in total. The van der Waals surface area contributed by atoms with Crippen LogP contribution in [0, 0.1) is 0 Å². The molecule has 0 saturated heterocycles. The highest BCUT2D eigenvalue weighted by molar-refractivity contribution is 5.74. The number of benzene rings is 1. The average molecular weight is 383 g/mol. The molecule has 0 aliphatic rings. The molecule has 9 heteroatoms. The summed E-state index contributed by atoms with van der Waals surface area (Å²) in [6.45, 7) is 0.527. The number of aromatic nitrogens is 1. The predicted molar refractivity (Wildman–Crippen MR) is 92.6 cm³/mol. The minimum Gasteiger partial charge on any atom is -0.497 e. The highest BCUT2D eigenvalue weighted by atomic mass is 19.4. The van der Waals surface area contributed by atoms with E-state index in [2.05, 4.69) is 20.4 Å². The van der Waals surface area contributed by atoms with E-state index in [9.17, 15) is 18.0 Å². The van der Waals surface area contributed by atoms with Gasteiger partial charge in [0, 0.05) is 18.8 Å². The second kappa shape index (κ2) is 9.11. The number of hydrogen-bond acceptors (Lipinski definition) is 4. The van der Waals surface area contributed by atoms with Gasteiger partial charge in [-0.25, -0.2) is 9.78 Å². The number of alkyl halides is 3. The lowest BCUT2D eigenvalue weighted by Gasteiger charge is -2.15. The lowest BCUT2D eigenvalue weighted by molar-refractivity contribution is -0.154. The summed E-state index contributed by atoms with van der Waals surface area (Å²) in [7, 11) is 1.57. The van der Waals surface area contributed by atoms with Crippen molar-refractivity contribution in [2.75, 3.05) is 13.7 Å². The Balaban J connectivity index is 1.84. The third kappa shape index (κ3) is 7.04. The smallest absolute Gasteiger partial charge is 0.422 e. The zero-order valence-corrected chi connectivity index (χ0v) is 14.8. The van der Waals surface area contributed by atoms with Crippen molar-refractivity contribution < 1.29 is 27.4 Å². The monoisotopic (exact) mass is 383 g/mol. The highest BCUT2D eigenvalue weighted by Crippen LogP contribution is 2.18. The summed E-state index contributed by atoms with van der Waals surface area (Å²) in [5.74, 6) is 0.565. The van der Waals surface area contributed by atoms with Crippen molar-refractivity contribution in [3.63, 3.8) is 0 Å². The largest absolute Gasteiger partial charge is 0.497 e. The first-order chi connectivity index (χ1) is 12.8. The number of hydrogen-bond donors (Lipinski definition) is 2. The van der Waals surface area contributed by atoms with E-state index in [1.807, 2.05) is 19.1 Å². The van der Waals surface area contributed by atoms with Crippen molar-refractivity contribution in [2.45, 2.75) is 25.7 Å². The first-order valence-corrected chi connectivity index (χ1v) is 8.09. The van der Waals surface area contributed by atoms with E-state index in [1.54, 1.807) is 25.3 Å². The van der Waals surface area contributed by atoms with E-state index >= 15 is 0 Å². The predicted octanol–water partition coefficient (Wildman–Crippen LogP) is 3.59. The number of rotatable bonds is 7. The summed E-state index contributed by atoms with van der Waals surface area (Å²) < 4.78 is 46.2. The summed E-state index contributed by atoms with van der Waals surface area (Å²) in [4.78, 5) is 15.7. The molecule has 27 heavy (non-hydrogen) atoms. The molecule has 0 spiro atoms. The number of methoxy groups -OCH3 is 1. The standard InChI is InChI=1S/C18H20F3N3O3/c1-12(14-3-5-15(26-2)6-4-14)24-17(25)23-10-13-7-8-22-16(9-13)27-11-18(19,20)21/h3-9,12H,10-11H2,1-2H3,(H2,23,24,25). The molecular formula is C18H20F3N3O3. The SMILES string of the molecule is COc1ccc(C(C)NC(=O)NCc2ccnc(OCC(F)(F)F)c2)cc1. The van der Waals surface area contributed by atoms with Gasteiger partial charge in [0.05, 0.1) is 13.2 Å². The Bertz CT molecular complexity index is 752. The summed E-state index contributed by atoms with van der Waals surface area (Å²) in [5.41, 5.74) is 1.46. The quantitative estimate of drug-likeness (QED) is 0.767. The Kier molecular flexibility index (Phi) is 6.86. The fourth-order valence-corrected chi connectivity index (χ4v) is 2.20. The molecule has 2 rings (SSSR count). The normalized spacial score (nSPS) is 12.2. The van der Waals surface area contributed by atoms with Crippen LogP contribution in [0.1, 0.15) is 24.1 Å². The van der Waals surface area contributed by atoms with Crippen molar-refractivity contribution in [1.82, 2.24) is 15.6 Å². The molecule has 0 bridgehead atoms. The molecule has 0 aliphatic carbocycles. The molecule has 146 valence electrons. The van der Waals surface area contributed by atoms with Crippen LogP contribution in [-0.4, -0.2) is 30.9 Å². The molecule has 0 radical (unpaired) electrons. The van der Waals surface area contributed by atoms with Gasteiger partial charge < -0.3 is 20.1 Å². The summed E-state index contributed by atoms with van der Waals surface area (Å²) in [6, 6.07) is 9.56. The number of nitrogens with one attached hydrogen (secondary N) is 2. The topological polar surface area (TPSA) is 72.5 Å². The second-order valence-corrected chi connectivity index (χ2v) is 5.73. The lowest BCUT2D eigenvalue weighted by Crippen LogP contribution is -2.36. The Morgan fingerprint density at radius 2 is 1.93 bits per heavy atom. The summed E-state index contributed by atoms with van der Waals surface area (Å²) in [6.07, 6.45) is -3.12. The van der Waals surface area contributed by atoms with Crippen molar-refractivity contribution in [3.8, 4) is 11.6 Å². The zero-order chi connectivity index (χ0) is 19.9. The van der Waals surface area contributed by atoms with E-state index in [0.29, 0.717) is 5.56 Å². The average Bonchev–Trinajstić information content (AvgIpc) is 2.64. The molecule has 0 fully saturated rings. The van der Waals surface area contributed by atoms with E-state index in [1.165, 1.54) is 12.3 Å². The Labute approximate surface area is 154 Å². The van der Waals surface area contributed by atoms with Gasteiger partial charge in [-0.05, 0) is 36.2 Å². The number of nitrogens with zero attached hydrogens (tertiary/aromatic N) is 1. The maximum Gasteiger partial charge on any atom is 0.422 e. The molecule has 0 saturated carbocycles. The van der Waals surface area contributed by atoms with Gasteiger partial charge in [-0.1, -0.05) is 12.1 Å². The van der Waals surface area contributed by atoms with Gasteiger partial charge in [0.25, 0.3) is 0 Å². The highest BCUT2D eigenvalue weighted by Gasteiger charge is 2.28. The van der Waals surface area contributed by atoms with Crippen LogP contribution >= 0.6 is 0 Å². The number of urea groups is 1. The van der Waals surface area contributed by atoms with Crippen molar-refractivity contribution >= 4 is 6.03 Å². The number of carbonyl (C=O) groups is 1. The third-order valence-corrected chi connectivity index (χ3v) is 3.60. The molecule has 1 aromatic heterocycles. The van der Waals surface area contributed by atoms with Crippen LogP contribution in [-0.2, 0) is 6.54 Å². The van der Waals surface area contributed by atoms with Crippen LogP contribution in [0.2, 0.25) is 0 Å². The maximum atomic E-state index is 12.2. The second-order valence-electron chi connectivity index (χ2n) is 5.73. The van der Waals surface area contributed by atoms with E-state index < -0.39 is 18.8 Å². The van der Waals surface area contributed by atoms with Crippen molar-refractivity contribution in [2.24, 2.45) is 0 Å². The Hall–Kier alpha value is -2.97. The van der Waals surface area contributed by atoms with Gasteiger partial charge >= 0.3 is 12.2 Å². The maximum absolute atomic E-state index is 12.2. The van der Waals surface area contributed by atoms with Crippen LogP contribution in [0.5, 0.6) is 11.6 Å².